The predicted octanol–water partition coefficient (Wildman–Crippen LogP) is 1.87. The second-order valence-corrected chi connectivity index (χ2v) is 6.54. The summed E-state index contributed by atoms with van der Waals surface area (Å²) in [6, 6.07) is 5.40. The van der Waals surface area contributed by atoms with E-state index in [1.807, 2.05) is 13.8 Å². The van der Waals surface area contributed by atoms with Crippen LogP contribution < -0.4 is 15.4 Å². The summed E-state index contributed by atoms with van der Waals surface area (Å²) in [6.07, 6.45) is 3.52. The van der Waals surface area contributed by atoms with Crippen molar-refractivity contribution in [3.8, 4) is 11.4 Å². The number of amides is 2. The molecule has 0 atom stereocenters. The van der Waals surface area contributed by atoms with Crippen LogP contribution in [0.25, 0.3) is 5.69 Å². The molecule has 1 aliphatic carbocycles. The van der Waals surface area contributed by atoms with E-state index in [0.717, 1.165) is 25.0 Å². The number of hydrogen-bond acceptors (Lipinski definition) is 5. The third-order valence-electron chi connectivity index (χ3n) is 4.39. The molecular weight excluding hydrogens is 346 g/mol. The fourth-order valence-corrected chi connectivity index (χ4v) is 2.87. The summed E-state index contributed by atoms with van der Waals surface area (Å²) in [4.78, 5) is 24.6. The maximum absolute atomic E-state index is 12.5. The topological polar surface area (TPSA) is 98.1 Å². The second-order valence-electron chi connectivity index (χ2n) is 6.54. The molecule has 2 aromatic rings. The van der Waals surface area contributed by atoms with E-state index in [0.29, 0.717) is 35.7 Å². The zero-order chi connectivity index (χ0) is 19.4. The Bertz CT molecular complexity index is 842. The molecule has 0 radical (unpaired) electrons. The van der Waals surface area contributed by atoms with E-state index in [9.17, 15) is 9.59 Å². The van der Waals surface area contributed by atoms with Gasteiger partial charge in [0, 0.05) is 18.2 Å². The number of methoxy groups -OCH3 is 1. The van der Waals surface area contributed by atoms with E-state index in [1.54, 1.807) is 22.9 Å². The number of aromatic nitrogens is 3. The summed E-state index contributed by atoms with van der Waals surface area (Å²) in [5.74, 6) is 0.138. The monoisotopic (exact) mass is 371 g/mol. The fraction of sp³-hybridized carbons (Fsp3) is 0.474. The minimum Gasteiger partial charge on any atom is -0.494 e. The third-order valence-corrected chi connectivity index (χ3v) is 4.39. The van der Waals surface area contributed by atoms with Crippen molar-refractivity contribution in [2.75, 3.05) is 13.7 Å². The van der Waals surface area contributed by atoms with E-state index in [4.69, 9.17) is 4.74 Å². The Balaban J connectivity index is 1.98. The Morgan fingerprint density at radius 2 is 2.04 bits per heavy atom. The minimum absolute atomic E-state index is 0.167. The Labute approximate surface area is 158 Å². The summed E-state index contributed by atoms with van der Waals surface area (Å²) >= 11 is 0. The van der Waals surface area contributed by atoms with Gasteiger partial charge in [-0.3, -0.25) is 9.59 Å². The van der Waals surface area contributed by atoms with Gasteiger partial charge in [-0.1, -0.05) is 18.6 Å². The van der Waals surface area contributed by atoms with Crippen molar-refractivity contribution >= 4 is 11.8 Å². The molecule has 3 rings (SSSR count). The molecule has 0 unspecified atom stereocenters. The highest BCUT2D eigenvalue weighted by molar-refractivity contribution is 5.95. The highest BCUT2D eigenvalue weighted by atomic mass is 16.5. The summed E-state index contributed by atoms with van der Waals surface area (Å²) in [7, 11) is 1.54. The Hall–Kier alpha value is -2.90. The summed E-state index contributed by atoms with van der Waals surface area (Å²) in [6.45, 7) is 4.45. The molecule has 2 amide bonds. The van der Waals surface area contributed by atoms with Crippen LogP contribution in [0.4, 0.5) is 0 Å². The first-order valence-electron chi connectivity index (χ1n) is 9.31. The minimum atomic E-state index is -0.190. The standard InChI is InChI=1S/C19H25N5O3/c1-4-6-15-17(19(26)21-13-8-9-13)22-23-24(15)14-10-7-12(11-16(14)27-3)18(25)20-5-2/h7,10-11,13H,4-6,8-9H2,1-3H3,(H,20,25)(H,21,26). The van der Waals surface area contributed by atoms with E-state index in [-0.39, 0.29) is 17.9 Å². The molecule has 144 valence electrons. The predicted molar refractivity (Wildman–Crippen MR) is 100 cm³/mol. The SMILES string of the molecule is CCCc1c(C(=O)NC2CC2)nnn1-c1ccc(C(=O)NCC)cc1OC. The van der Waals surface area contributed by atoms with Gasteiger partial charge in [0.05, 0.1) is 12.8 Å². The lowest BCUT2D eigenvalue weighted by Crippen LogP contribution is -2.27. The molecule has 1 saturated carbocycles. The normalized spacial score (nSPS) is 13.3. The maximum atomic E-state index is 12.5. The van der Waals surface area contributed by atoms with Crippen LogP contribution in [0.5, 0.6) is 5.75 Å². The molecule has 0 saturated heterocycles. The Morgan fingerprint density at radius 1 is 1.26 bits per heavy atom. The molecule has 8 nitrogen and oxygen atoms in total. The first-order chi connectivity index (χ1) is 13.1. The molecular formula is C19H25N5O3. The lowest BCUT2D eigenvalue weighted by atomic mass is 10.1. The van der Waals surface area contributed by atoms with Crippen LogP contribution in [-0.2, 0) is 6.42 Å². The van der Waals surface area contributed by atoms with Crippen LogP contribution in [0.1, 0.15) is 59.7 Å². The molecule has 0 bridgehead atoms. The number of rotatable bonds is 8. The van der Waals surface area contributed by atoms with Crippen LogP contribution in [0.2, 0.25) is 0 Å². The molecule has 8 heteroatoms. The van der Waals surface area contributed by atoms with Crippen molar-refractivity contribution in [1.29, 1.82) is 0 Å². The molecule has 0 spiro atoms. The quantitative estimate of drug-likeness (QED) is 0.738. The van der Waals surface area contributed by atoms with Gasteiger partial charge in [0.25, 0.3) is 11.8 Å². The summed E-state index contributed by atoms with van der Waals surface area (Å²) in [5, 5.41) is 14.0. The first-order valence-corrected chi connectivity index (χ1v) is 9.31. The van der Waals surface area contributed by atoms with Gasteiger partial charge in [0.1, 0.15) is 11.4 Å². The zero-order valence-corrected chi connectivity index (χ0v) is 15.9. The van der Waals surface area contributed by atoms with Gasteiger partial charge in [-0.2, -0.15) is 0 Å². The number of carbonyl (C=O) groups is 2. The van der Waals surface area contributed by atoms with Crippen molar-refractivity contribution < 1.29 is 14.3 Å². The van der Waals surface area contributed by atoms with Crippen molar-refractivity contribution in [3.05, 3.63) is 35.2 Å². The number of carbonyl (C=O) groups excluding carboxylic acids is 2. The molecule has 1 aromatic carbocycles. The van der Waals surface area contributed by atoms with Gasteiger partial charge in [-0.25, -0.2) is 4.68 Å². The third kappa shape index (κ3) is 4.10. The molecule has 1 aliphatic rings. The lowest BCUT2D eigenvalue weighted by molar-refractivity contribution is 0.0940. The van der Waals surface area contributed by atoms with Crippen LogP contribution in [0.3, 0.4) is 0 Å². The van der Waals surface area contributed by atoms with E-state index >= 15 is 0 Å². The van der Waals surface area contributed by atoms with Crippen molar-refractivity contribution in [3.63, 3.8) is 0 Å². The second kappa shape index (κ2) is 8.20. The highest BCUT2D eigenvalue weighted by Crippen LogP contribution is 2.27. The fourth-order valence-electron chi connectivity index (χ4n) is 2.87. The van der Waals surface area contributed by atoms with Crippen LogP contribution in [0, 0.1) is 0 Å². The number of benzene rings is 1. The molecule has 1 fully saturated rings. The van der Waals surface area contributed by atoms with Crippen LogP contribution >= 0.6 is 0 Å². The average molecular weight is 371 g/mol. The number of hydrogen-bond donors (Lipinski definition) is 2. The highest BCUT2D eigenvalue weighted by Gasteiger charge is 2.28. The average Bonchev–Trinajstić information content (AvgIpc) is 3.38. The maximum Gasteiger partial charge on any atom is 0.273 e. The lowest BCUT2D eigenvalue weighted by Gasteiger charge is -2.13. The van der Waals surface area contributed by atoms with Gasteiger partial charge in [0.15, 0.2) is 5.69 Å². The van der Waals surface area contributed by atoms with Gasteiger partial charge < -0.3 is 15.4 Å². The van der Waals surface area contributed by atoms with E-state index in [1.165, 1.54) is 7.11 Å². The molecule has 2 N–H and O–H groups in total. The van der Waals surface area contributed by atoms with Crippen LogP contribution in [-0.4, -0.2) is 46.5 Å². The van der Waals surface area contributed by atoms with Gasteiger partial charge in [-0.05, 0) is 44.4 Å². The van der Waals surface area contributed by atoms with E-state index in [2.05, 4.69) is 20.9 Å². The smallest absolute Gasteiger partial charge is 0.273 e. The zero-order valence-electron chi connectivity index (χ0n) is 15.9. The first kappa shape index (κ1) is 18.9. The van der Waals surface area contributed by atoms with Gasteiger partial charge >= 0.3 is 0 Å². The van der Waals surface area contributed by atoms with Gasteiger partial charge in [-0.15, -0.1) is 5.10 Å². The van der Waals surface area contributed by atoms with Crippen molar-refractivity contribution in [1.82, 2.24) is 25.6 Å². The molecule has 27 heavy (non-hydrogen) atoms. The van der Waals surface area contributed by atoms with Crippen molar-refractivity contribution in [2.24, 2.45) is 0 Å². The van der Waals surface area contributed by atoms with E-state index < -0.39 is 0 Å². The number of nitrogens with zero attached hydrogens (tertiary/aromatic N) is 3. The Kier molecular flexibility index (Phi) is 5.73. The van der Waals surface area contributed by atoms with Crippen molar-refractivity contribution in [2.45, 2.75) is 45.6 Å². The summed E-state index contributed by atoms with van der Waals surface area (Å²) in [5.41, 5.74) is 2.23. The Morgan fingerprint density at radius 3 is 2.67 bits per heavy atom. The largest absolute Gasteiger partial charge is 0.494 e. The van der Waals surface area contributed by atoms with Gasteiger partial charge in [0.2, 0.25) is 0 Å². The number of nitrogens with one attached hydrogen (secondary N) is 2. The van der Waals surface area contributed by atoms with Crippen LogP contribution in [0.15, 0.2) is 18.2 Å². The summed E-state index contributed by atoms with van der Waals surface area (Å²) < 4.78 is 7.11. The molecule has 1 heterocycles. The molecule has 1 aromatic heterocycles. The number of ether oxygens (including phenoxy) is 1. The molecule has 0 aliphatic heterocycles.